The number of carboxylic acid groups (broad SMARTS) is 1. The molecule has 6 nitrogen and oxygen atoms in total. The zero-order valence-electron chi connectivity index (χ0n) is 7.93. The van der Waals surface area contributed by atoms with Gasteiger partial charge in [-0.25, -0.2) is 4.79 Å². The van der Waals surface area contributed by atoms with E-state index in [1.165, 1.54) is 12.3 Å². The molecular formula is C9H8N4O2. The first-order chi connectivity index (χ1) is 7.18. The van der Waals surface area contributed by atoms with E-state index in [0.717, 1.165) is 0 Å². The van der Waals surface area contributed by atoms with Crippen molar-refractivity contribution < 1.29 is 9.90 Å². The lowest BCUT2D eigenvalue weighted by Gasteiger charge is -2.01. The monoisotopic (exact) mass is 204 g/mol. The van der Waals surface area contributed by atoms with Gasteiger partial charge < -0.3 is 5.11 Å². The Balaban J connectivity index is 2.47. The van der Waals surface area contributed by atoms with E-state index in [0.29, 0.717) is 17.1 Å². The van der Waals surface area contributed by atoms with Gasteiger partial charge in [0.2, 0.25) is 0 Å². The summed E-state index contributed by atoms with van der Waals surface area (Å²) >= 11 is 0. The van der Waals surface area contributed by atoms with Gasteiger partial charge in [-0.3, -0.25) is 4.98 Å². The molecule has 2 heterocycles. The number of aromatic amines is 1. The van der Waals surface area contributed by atoms with Crippen LogP contribution >= 0.6 is 0 Å². The van der Waals surface area contributed by atoms with Crippen molar-refractivity contribution in [2.45, 2.75) is 6.92 Å². The lowest BCUT2D eigenvalue weighted by atomic mass is 10.1. The summed E-state index contributed by atoms with van der Waals surface area (Å²) in [5.41, 5.74) is 1.85. The van der Waals surface area contributed by atoms with E-state index in [4.69, 9.17) is 5.11 Å². The number of rotatable bonds is 2. The molecule has 0 saturated carbocycles. The number of aromatic nitrogens is 4. The normalized spacial score (nSPS) is 10.2. The third-order valence-corrected chi connectivity index (χ3v) is 1.99. The van der Waals surface area contributed by atoms with Crippen molar-refractivity contribution in [1.29, 1.82) is 0 Å². The van der Waals surface area contributed by atoms with Crippen LogP contribution in [-0.4, -0.2) is 31.5 Å². The number of hydrogen-bond donors (Lipinski definition) is 2. The Morgan fingerprint density at radius 2 is 2.20 bits per heavy atom. The number of hydrogen-bond acceptors (Lipinski definition) is 4. The second-order valence-electron chi connectivity index (χ2n) is 2.99. The van der Waals surface area contributed by atoms with Crippen molar-refractivity contribution in [2.75, 3.05) is 0 Å². The van der Waals surface area contributed by atoms with Crippen LogP contribution in [0, 0.1) is 6.92 Å². The van der Waals surface area contributed by atoms with Crippen LogP contribution in [0.4, 0.5) is 0 Å². The van der Waals surface area contributed by atoms with Crippen molar-refractivity contribution in [2.24, 2.45) is 0 Å². The molecule has 0 aliphatic heterocycles. The summed E-state index contributed by atoms with van der Waals surface area (Å²) in [6.07, 6.45) is 1.53. The predicted molar refractivity (Wildman–Crippen MR) is 51.3 cm³/mol. The van der Waals surface area contributed by atoms with Crippen molar-refractivity contribution in [3.63, 3.8) is 0 Å². The van der Waals surface area contributed by atoms with Crippen LogP contribution in [-0.2, 0) is 0 Å². The Kier molecular flexibility index (Phi) is 2.17. The minimum absolute atomic E-state index is 0.197. The van der Waals surface area contributed by atoms with Crippen LogP contribution in [0.2, 0.25) is 0 Å². The van der Waals surface area contributed by atoms with Crippen LogP contribution in [0.15, 0.2) is 18.3 Å². The Morgan fingerprint density at radius 3 is 2.73 bits per heavy atom. The van der Waals surface area contributed by atoms with Gasteiger partial charge >= 0.3 is 5.97 Å². The number of aryl methyl sites for hydroxylation is 1. The molecule has 2 aromatic heterocycles. The summed E-state index contributed by atoms with van der Waals surface area (Å²) in [5, 5.41) is 18.8. The average Bonchev–Trinajstić information content (AvgIpc) is 2.69. The number of H-pyrrole nitrogens is 1. The first kappa shape index (κ1) is 9.32. The number of carbonyl (C=O) groups is 1. The van der Waals surface area contributed by atoms with Crippen LogP contribution in [0.25, 0.3) is 11.4 Å². The van der Waals surface area contributed by atoms with Crippen molar-refractivity contribution >= 4 is 5.97 Å². The van der Waals surface area contributed by atoms with Gasteiger partial charge in [-0.05, 0) is 19.1 Å². The quantitative estimate of drug-likeness (QED) is 0.757. The summed E-state index contributed by atoms with van der Waals surface area (Å²) in [5.74, 6) is -0.980. The van der Waals surface area contributed by atoms with Gasteiger partial charge in [0, 0.05) is 0 Å². The van der Waals surface area contributed by atoms with Crippen LogP contribution in [0.5, 0.6) is 0 Å². The van der Waals surface area contributed by atoms with E-state index >= 15 is 0 Å². The molecule has 2 aromatic rings. The van der Waals surface area contributed by atoms with Gasteiger partial charge in [0.1, 0.15) is 5.69 Å². The highest BCUT2D eigenvalue weighted by Gasteiger charge is 2.10. The lowest BCUT2D eigenvalue weighted by Crippen LogP contribution is -2.02. The second-order valence-corrected chi connectivity index (χ2v) is 2.99. The number of pyridine rings is 1. The summed E-state index contributed by atoms with van der Waals surface area (Å²) in [6, 6.07) is 3.11. The summed E-state index contributed by atoms with van der Waals surface area (Å²) in [6.45, 7) is 1.65. The number of carboxylic acids is 1. The van der Waals surface area contributed by atoms with Crippen molar-refractivity contribution in [1.82, 2.24) is 20.4 Å². The molecule has 2 N–H and O–H groups in total. The molecule has 0 fully saturated rings. The topological polar surface area (TPSA) is 91.8 Å². The molecule has 6 heteroatoms. The highest BCUT2D eigenvalue weighted by atomic mass is 16.4. The van der Waals surface area contributed by atoms with E-state index in [2.05, 4.69) is 20.4 Å². The minimum Gasteiger partial charge on any atom is -0.478 e. The van der Waals surface area contributed by atoms with E-state index in [-0.39, 0.29) is 5.56 Å². The van der Waals surface area contributed by atoms with E-state index < -0.39 is 5.97 Å². The molecule has 0 atom stereocenters. The highest BCUT2D eigenvalue weighted by molar-refractivity contribution is 5.89. The molecule has 0 aliphatic carbocycles. The molecular weight excluding hydrogens is 196 g/mol. The fourth-order valence-corrected chi connectivity index (χ4v) is 1.25. The first-order valence-electron chi connectivity index (χ1n) is 4.25. The average molecular weight is 204 g/mol. The van der Waals surface area contributed by atoms with Gasteiger partial charge in [-0.2, -0.15) is 15.4 Å². The molecule has 15 heavy (non-hydrogen) atoms. The zero-order chi connectivity index (χ0) is 10.8. The maximum absolute atomic E-state index is 10.7. The predicted octanol–water partition coefficient (Wildman–Crippen LogP) is 0.873. The minimum atomic E-state index is -0.980. The molecule has 0 aromatic carbocycles. The van der Waals surface area contributed by atoms with Gasteiger partial charge in [-0.15, -0.1) is 0 Å². The fraction of sp³-hybridized carbons (Fsp3) is 0.111. The SMILES string of the molecule is Cc1nc(-c2cn[nH]n2)ccc1C(=O)O. The Bertz CT molecular complexity index is 493. The van der Waals surface area contributed by atoms with E-state index in [9.17, 15) is 4.79 Å². The van der Waals surface area contributed by atoms with Crippen molar-refractivity contribution in [3.8, 4) is 11.4 Å². The van der Waals surface area contributed by atoms with Crippen molar-refractivity contribution in [3.05, 3.63) is 29.6 Å². The smallest absolute Gasteiger partial charge is 0.337 e. The molecule has 0 aliphatic rings. The molecule has 0 bridgehead atoms. The molecule has 0 amide bonds. The molecule has 2 rings (SSSR count). The van der Waals surface area contributed by atoms with Crippen LogP contribution < -0.4 is 0 Å². The van der Waals surface area contributed by atoms with Crippen LogP contribution in [0.3, 0.4) is 0 Å². The molecule has 0 saturated heterocycles. The second kappa shape index (κ2) is 3.49. The number of nitrogens with zero attached hydrogens (tertiary/aromatic N) is 3. The third kappa shape index (κ3) is 1.69. The Hall–Kier alpha value is -2.24. The van der Waals surface area contributed by atoms with Crippen LogP contribution in [0.1, 0.15) is 16.1 Å². The van der Waals surface area contributed by atoms with Gasteiger partial charge in [-0.1, -0.05) is 0 Å². The van der Waals surface area contributed by atoms with E-state index in [1.807, 2.05) is 0 Å². The molecule has 76 valence electrons. The Morgan fingerprint density at radius 1 is 1.40 bits per heavy atom. The highest BCUT2D eigenvalue weighted by Crippen LogP contribution is 2.15. The number of nitrogens with one attached hydrogen (secondary N) is 1. The largest absolute Gasteiger partial charge is 0.478 e. The van der Waals surface area contributed by atoms with E-state index in [1.54, 1.807) is 13.0 Å². The van der Waals surface area contributed by atoms with Gasteiger partial charge in [0.15, 0.2) is 0 Å². The fourth-order valence-electron chi connectivity index (χ4n) is 1.25. The molecule has 0 unspecified atom stereocenters. The van der Waals surface area contributed by atoms with Gasteiger partial charge in [0.25, 0.3) is 0 Å². The standard InChI is InChI=1S/C9H8N4O2/c1-5-6(9(14)15)2-3-7(11-5)8-4-10-13-12-8/h2-4H,1H3,(H,14,15)(H,10,12,13). The summed E-state index contributed by atoms with van der Waals surface area (Å²) in [4.78, 5) is 14.9. The zero-order valence-corrected chi connectivity index (χ0v) is 7.93. The summed E-state index contributed by atoms with van der Waals surface area (Å²) < 4.78 is 0. The maximum Gasteiger partial charge on any atom is 0.337 e. The third-order valence-electron chi connectivity index (χ3n) is 1.99. The molecule has 0 spiro atoms. The summed E-state index contributed by atoms with van der Waals surface area (Å²) in [7, 11) is 0. The Labute approximate surface area is 85.0 Å². The number of aromatic carboxylic acids is 1. The maximum atomic E-state index is 10.7. The lowest BCUT2D eigenvalue weighted by molar-refractivity contribution is 0.0695. The molecule has 0 radical (unpaired) electrons. The van der Waals surface area contributed by atoms with Gasteiger partial charge in [0.05, 0.1) is 23.1 Å². The first-order valence-corrected chi connectivity index (χ1v) is 4.25.